The minimum absolute atomic E-state index is 0.0821. The normalized spacial score (nSPS) is 19.8. The molecule has 0 saturated carbocycles. The van der Waals surface area contributed by atoms with Gasteiger partial charge in [0.1, 0.15) is 5.60 Å². The lowest BCUT2D eigenvalue weighted by Gasteiger charge is -2.31. The molecule has 10 nitrogen and oxygen atoms in total. The standard InChI is InChI=1S/C20H26F6N6O4/c1-18(2,3)36-17(35)27-12(9-31-8-11(6-14(31)33)19(21,22)23)7-15(34)30-4-5-32-13(10-30)28-29-16(32)20(24,25)26/h11-12H,4-10H2,1-3H3,(H,27,35). The van der Waals surface area contributed by atoms with E-state index in [9.17, 15) is 40.7 Å². The van der Waals surface area contributed by atoms with Gasteiger partial charge in [-0.2, -0.15) is 26.3 Å². The number of fused-ring (bicyclic) bond motifs is 1. The summed E-state index contributed by atoms with van der Waals surface area (Å²) in [4.78, 5) is 39.5. The summed E-state index contributed by atoms with van der Waals surface area (Å²) in [5.41, 5.74) is -0.906. The number of halogens is 6. The molecule has 1 N–H and O–H groups in total. The largest absolute Gasteiger partial charge is 0.451 e. The zero-order valence-electron chi connectivity index (χ0n) is 19.7. The average molecular weight is 528 g/mol. The molecule has 0 bridgehead atoms. The highest BCUT2D eigenvalue weighted by Crippen LogP contribution is 2.34. The summed E-state index contributed by atoms with van der Waals surface area (Å²) in [6.07, 6.45) is -11.4. The lowest BCUT2D eigenvalue weighted by Crippen LogP contribution is -2.49. The molecule has 1 saturated heterocycles. The smallest absolute Gasteiger partial charge is 0.444 e. The third kappa shape index (κ3) is 6.78. The highest BCUT2D eigenvalue weighted by atomic mass is 19.4. The molecule has 2 aliphatic heterocycles. The van der Waals surface area contributed by atoms with Gasteiger partial charge in [-0.15, -0.1) is 10.2 Å². The van der Waals surface area contributed by atoms with Crippen LogP contribution in [0.15, 0.2) is 0 Å². The Balaban J connectivity index is 1.70. The third-order valence-electron chi connectivity index (χ3n) is 5.62. The second kappa shape index (κ2) is 9.76. The molecular weight excluding hydrogens is 502 g/mol. The minimum atomic E-state index is -4.71. The van der Waals surface area contributed by atoms with E-state index in [0.29, 0.717) is 0 Å². The Hall–Kier alpha value is -3.07. The molecule has 2 aliphatic rings. The molecule has 0 spiro atoms. The predicted molar refractivity (Wildman–Crippen MR) is 109 cm³/mol. The first-order valence-corrected chi connectivity index (χ1v) is 11.0. The highest BCUT2D eigenvalue weighted by molar-refractivity contribution is 5.80. The molecule has 0 aromatic carbocycles. The van der Waals surface area contributed by atoms with Gasteiger partial charge in [-0.3, -0.25) is 9.59 Å². The summed E-state index contributed by atoms with van der Waals surface area (Å²) in [5.74, 6) is -4.49. The van der Waals surface area contributed by atoms with Crippen molar-refractivity contribution in [3.63, 3.8) is 0 Å². The molecule has 16 heteroatoms. The Kier molecular flexibility index (Phi) is 7.46. The van der Waals surface area contributed by atoms with E-state index in [2.05, 4.69) is 15.5 Å². The van der Waals surface area contributed by atoms with Crippen LogP contribution in [-0.2, 0) is 33.6 Å². The third-order valence-corrected chi connectivity index (χ3v) is 5.62. The number of carbonyl (C=O) groups excluding carboxylic acids is 3. The van der Waals surface area contributed by atoms with Gasteiger partial charge in [0.2, 0.25) is 17.6 Å². The van der Waals surface area contributed by atoms with E-state index in [1.807, 2.05) is 0 Å². The maximum Gasteiger partial charge on any atom is 0.451 e. The van der Waals surface area contributed by atoms with Crippen molar-refractivity contribution in [3.05, 3.63) is 11.6 Å². The number of hydrogen-bond donors (Lipinski definition) is 1. The number of alkyl carbamates (subject to hydrolysis) is 1. The summed E-state index contributed by atoms with van der Waals surface area (Å²) in [7, 11) is 0. The van der Waals surface area contributed by atoms with Crippen molar-refractivity contribution in [1.82, 2.24) is 29.9 Å². The van der Waals surface area contributed by atoms with Crippen molar-refractivity contribution < 1.29 is 45.5 Å². The van der Waals surface area contributed by atoms with E-state index < -0.39 is 73.0 Å². The zero-order valence-corrected chi connectivity index (χ0v) is 19.7. The Morgan fingerprint density at radius 1 is 1.11 bits per heavy atom. The summed E-state index contributed by atoms with van der Waals surface area (Å²) >= 11 is 0. The Bertz CT molecular complexity index is 1000. The molecule has 202 valence electrons. The summed E-state index contributed by atoms with van der Waals surface area (Å²) in [5, 5.41) is 9.06. The minimum Gasteiger partial charge on any atom is -0.444 e. The first-order valence-electron chi connectivity index (χ1n) is 11.0. The molecule has 2 atom stereocenters. The molecule has 0 aliphatic carbocycles. The van der Waals surface area contributed by atoms with Crippen LogP contribution in [0.1, 0.15) is 45.3 Å². The van der Waals surface area contributed by atoms with E-state index >= 15 is 0 Å². The van der Waals surface area contributed by atoms with Crippen molar-refractivity contribution in [2.24, 2.45) is 5.92 Å². The van der Waals surface area contributed by atoms with E-state index in [0.717, 1.165) is 9.47 Å². The Morgan fingerprint density at radius 3 is 2.33 bits per heavy atom. The lowest BCUT2D eigenvalue weighted by atomic mass is 10.1. The maximum absolute atomic E-state index is 13.1. The van der Waals surface area contributed by atoms with Gasteiger partial charge in [-0.25, -0.2) is 4.79 Å². The van der Waals surface area contributed by atoms with E-state index in [1.54, 1.807) is 20.8 Å². The first kappa shape index (κ1) is 27.5. The number of nitrogens with zero attached hydrogens (tertiary/aromatic N) is 5. The number of likely N-dealkylation sites (tertiary alicyclic amines) is 1. The quantitative estimate of drug-likeness (QED) is 0.588. The molecular formula is C20H26F6N6O4. The average Bonchev–Trinajstić information content (AvgIpc) is 3.29. The van der Waals surface area contributed by atoms with Gasteiger partial charge >= 0.3 is 18.4 Å². The summed E-state index contributed by atoms with van der Waals surface area (Å²) in [6.45, 7) is 3.17. The number of carbonyl (C=O) groups is 3. The fraction of sp³-hybridized carbons (Fsp3) is 0.750. The van der Waals surface area contributed by atoms with Crippen LogP contribution in [0.5, 0.6) is 0 Å². The number of hydrogen-bond acceptors (Lipinski definition) is 6. The first-order chi connectivity index (χ1) is 16.4. The van der Waals surface area contributed by atoms with Gasteiger partial charge < -0.3 is 24.4 Å². The van der Waals surface area contributed by atoms with Gasteiger partial charge in [0.05, 0.1) is 18.5 Å². The molecule has 1 aromatic heterocycles. The Labute approximate surface area is 201 Å². The van der Waals surface area contributed by atoms with Crippen molar-refractivity contribution in [2.45, 2.75) is 70.7 Å². The molecule has 1 aromatic rings. The monoisotopic (exact) mass is 528 g/mol. The molecule has 36 heavy (non-hydrogen) atoms. The van der Waals surface area contributed by atoms with Crippen molar-refractivity contribution in [1.29, 1.82) is 0 Å². The van der Waals surface area contributed by atoms with Crippen LogP contribution in [0.3, 0.4) is 0 Å². The van der Waals surface area contributed by atoms with Crippen LogP contribution in [0.25, 0.3) is 0 Å². The van der Waals surface area contributed by atoms with Crippen LogP contribution in [-0.4, -0.2) is 79.9 Å². The van der Waals surface area contributed by atoms with Crippen molar-refractivity contribution >= 4 is 17.9 Å². The van der Waals surface area contributed by atoms with E-state index in [4.69, 9.17) is 4.74 Å². The van der Waals surface area contributed by atoms with Crippen LogP contribution >= 0.6 is 0 Å². The molecule has 0 radical (unpaired) electrons. The van der Waals surface area contributed by atoms with Gasteiger partial charge in [0.25, 0.3) is 0 Å². The van der Waals surface area contributed by atoms with Gasteiger partial charge in [0, 0.05) is 39.0 Å². The molecule has 3 amide bonds. The number of aromatic nitrogens is 3. The number of rotatable bonds is 5. The maximum atomic E-state index is 13.1. The van der Waals surface area contributed by atoms with E-state index in [1.165, 1.54) is 4.90 Å². The SMILES string of the molecule is CC(C)(C)OC(=O)NC(CC(=O)N1CCn2c(nnc2C(F)(F)F)C1)CN1CC(C(F)(F)F)CC1=O. The van der Waals surface area contributed by atoms with E-state index in [-0.39, 0.29) is 32.0 Å². The fourth-order valence-electron chi connectivity index (χ4n) is 3.99. The Morgan fingerprint density at radius 2 is 1.78 bits per heavy atom. The van der Waals surface area contributed by atoms with Gasteiger partial charge in [0.15, 0.2) is 5.82 Å². The van der Waals surface area contributed by atoms with Crippen molar-refractivity contribution in [2.75, 3.05) is 19.6 Å². The van der Waals surface area contributed by atoms with Crippen LogP contribution < -0.4 is 5.32 Å². The zero-order chi connectivity index (χ0) is 27.1. The topological polar surface area (TPSA) is 110 Å². The molecule has 2 unspecified atom stereocenters. The van der Waals surface area contributed by atoms with Crippen LogP contribution in [0.2, 0.25) is 0 Å². The fourth-order valence-corrected chi connectivity index (χ4v) is 3.99. The van der Waals surface area contributed by atoms with Crippen LogP contribution in [0.4, 0.5) is 31.1 Å². The second-order valence-corrected chi connectivity index (χ2v) is 9.69. The molecule has 1 fully saturated rings. The number of ether oxygens (including phenoxy) is 1. The number of alkyl halides is 6. The number of amides is 3. The van der Waals surface area contributed by atoms with Gasteiger partial charge in [-0.05, 0) is 20.8 Å². The molecule has 3 rings (SSSR count). The summed E-state index contributed by atoms with van der Waals surface area (Å²) in [6, 6.07) is -1.10. The molecule has 3 heterocycles. The van der Waals surface area contributed by atoms with Crippen LogP contribution in [0, 0.1) is 5.92 Å². The second-order valence-electron chi connectivity index (χ2n) is 9.69. The predicted octanol–water partition coefficient (Wildman–Crippen LogP) is 2.33. The summed E-state index contributed by atoms with van der Waals surface area (Å²) < 4.78 is 84.4. The van der Waals surface area contributed by atoms with Crippen molar-refractivity contribution in [3.8, 4) is 0 Å². The van der Waals surface area contributed by atoms with Gasteiger partial charge in [-0.1, -0.05) is 0 Å². The highest BCUT2D eigenvalue weighted by Gasteiger charge is 2.47. The lowest BCUT2D eigenvalue weighted by molar-refractivity contribution is -0.171. The number of nitrogens with one attached hydrogen (secondary N) is 1.